The lowest BCUT2D eigenvalue weighted by atomic mass is 10.0. The number of benzene rings is 2. The predicted octanol–water partition coefficient (Wildman–Crippen LogP) is 4.19. The first-order chi connectivity index (χ1) is 9.38. The third-order valence-electron chi connectivity index (χ3n) is 3.25. The van der Waals surface area contributed by atoms with Crippen molar-refractivity contribution in [2.75, 3.05) is 12.4 Å². The highest BCUT2D eigenvalue weighted by Crippen LogP contribution is 2.51. The van der Waals surface area contributed by atoms with Gasteiger partial charge in [-0.1, -0.05) is 54.6 Å². The van der Waals surface area contributed by atoms with E-state index in [2.05, 4.69) is 48.5 Å². The van der Waals surface area contributed by atoms with Gasteiger partial charge in [-0.3, -0.25) is 0 Å². The Labute approximate surface area is 122 Å². The van der Waals surface area contributed by atoms with Crippen LogP contribution in [0.4, 0.5) is 0 Å². The fourth-order valence-corrected chi connectivity index (χ4v) is 5.53. The molecular weight excluding hydrogens is 272 g/mol. The second kappa shape index (κ2) is 6.04. The lowest BCUT2D eigenvalue weighted by Gasteiger charge is -2.15. The van der Waals surface area contributed by atoms with E-state index in [0.29, 0.717) is 9.83 Å². The van der Waals surface area contributed by atoms with Crippen molar-refractivity contribution < 1.29 is 5.11 Å². The summed E-state index contributed by atoms with van der Waals surface area (Å²) in [6.07, 6.45) is 0. The van der Waals surface area contributed by atoms with Gasteiger partial charge in [0.15, 0.2) is 0 Å². The van der Waals surface area contributed by atoms with Crippen molar-refractivity contribution in [2.24, 2.45) is 0 Å². The largest absolute Gasteiger partial charge is 0.395 e. The summed E-state index contributed by atoms with van der Waals surface area (Å²) in [7, 11) is 0. The van der Waals surface area contributed by atoms with Crippen molar-refractivity contribution in [2.45, 2.75) is 9.83 Å². The molecule has 1 nitrogen and oxygen atoms in total. The maximum Gasteiger partial charge on any atom is 0.0761 e. The molecule has 19 heavy (non-hydrogen) atoms. The maximum absolute atomic E-state index is 9.28. The van der Waals surface area contributed by atoms with E-state index in [1.807, 2.05) is 29.6 Å². The summed E-state index contributed by atoms with van der Waals surface area (Å²) in [4.78, 5) is 0. The standard InChI is InChI=1S/C16H16OS2/c17-10-13-11-18-16(19-13)15-9-5-4-8-14(15)12-6-2-1-3-7-12/h1-9,13,16-17H,10-11H2. The van der Waals surface area contributed by atoms with Gasteiger partial charge in [0.25, 0.3) is 0 Å². The van der Waals surface area contributed by atoms with Crippen LogP contribution in [0.5, 0.6) is 0 Å². The second-order valence-corrected chi connectivity index (χ2v) is 7.41. The minimum atomic E-state index is 0.279. The minimum absolute atomic E-state index is 0.279. The summed E-state index contributed by atoms with van der Waals surface area (Å²) in [6, 6.07) is 19.1. The molecule has 0 saturated carbocycles. The van der Waals surface area contributed by atoms with E-state index in [9.17, 15) is 5.11 Å². The number of aliphatic hydroxyl groups is 1. The van der Waals surface area contributed by atoms with Crippen molar-refractivity contribution in [3.05, 3.63) is 60.2 Å². The summed E-state index contributed by atoms with van der Waals surface area (Å²) >= 11 is 3.83. The van der Waals surface area contributed by atoms with Gasteiger partial charge in [-0.2, -0.15) is 0 Å². The van der Waals surface area contributed by atoms with E-state index >= 15 is 0 Å². The van der Waals surface area contributed by atoms with Crippen LogP contribution in [0.1, 0.15) is 10.1 Å². The van der Waals surface area contributed by atoms with Crippen LogP contribution in [0, 0.1) is 0 Å². The first kappa shape index (κ1) is 13.1. The van der Waals surface area contributed by atoms with Gasteiger partial charge in [0.05, 0.1) is 11.2 Å². The molecule has 0 radical (unpaired) electrons. The summed E-state index contributed by atoms with van der Waals surface area (Å²) < 4.78 is 0.438. The summed E-state index contributed by atoms with van der Waals surface area (Å²) in [5.41, 5.74) is 3.96. The van der Waals surface area contributed by atoms with Crippen molar-refractivity contribution in [1.82, 2.24) is 0 Å². The second-order valence-electron chi connectivity index (χ2n) is 4.56. The average Bonchev–Trinajstić information content (AvgIpc) is 2.97. The van der Waals surface area contributed by atoms with E-state index in [1.165, 1.54) is 16.7 Å². The normalized spacial score (nSPS) is 22.6. The molecule has 0 bridgehead atoms. The molecule has 1 heterocycles. The van der Waals surface area contributed by atoms with Crippen LogP contribution in [-0.4, -0.2) is 22.7 Å². The smallest absolute Gasteiger partial charge is 0.0761 e. The zero-order valence-corrected chi connectivity index (χ0v) is 12.2. The molecule has 3 rings (SSSR count). The molecule has 2 aromatic rings. The highest BCUT2D eigenvalue weighted by Gasteiger charge is 2.28. The Morgan fingerprint density at radius 1 is 1.00 bits per heavy atom. The predicted molar refractivity (Wildman–Crippen MR) is 85.5 cm³/mol. The van der Waals surface area contributed by atoms with E-state index in [0.717, 1.165) is 5.75 Å². The first-order valence-corrected chi connectivity index (χ1v) is 8.40. The summed E-state index contributed by atoms with van der Waals surface area (Å²) in [5, 5.41) is 9.66. The molecule has 0 aromatic heterocycles. The Hall–Kier alpha value is -0.900. The van der Waals surface area contributed by atoms with Gasteiger partial charge in [0.1, 0.15) is 0 Å². The molecule has 1 fully saturated rings. The molecule has 0 amide bonds. The minimum Gasteiger partial charge on any atom is -0.395 e. The van der Waals surface area contributed by atoms with Gasteiger partial charge in [-0.25, -0.2) is 0 Å². The van der Waals surface area contributed by atoms with Crippen molar-refractivity contribution in [3.63, 3.8) is 0 Å². The first-order valence-electron chi connectivity index (χ1n) is 6.41. The van der Waals surface area contributed by atoms with E-state index in [1.54, 1.807) is 0 Å². The van der Waals surface area contributed by atoms with Crippen molar-refractivity contribution in [1.29, 1.82) is 0 Å². The molecule has 0 spiro atoms. The molecule has 2 atom stereocenters. The van der Waals surface area contributed by atoms with Crippen molar-refractivity contribution >= 4 is 23.5 Å². The molecule has 2 unspecified atom stereocenters. The molecule has 1 N–H and O–H groups in total. The van der Waals surface area contributed by atoms with Gasteiger partial charge in [-0.05, 0) is 16.7 Å². The highest BCUT2D eigenvalue weighted by molar-refractivity contribution is 8.19. The van der Waals surface area contributed by atoms with Crippen LogP contribution < -0.4 is 0 Å². The number of aliphatic hydroxyl groups excluding tert-OH is 1. The van der Waals surface area contributed by atoms with Crippen LogP contribution in [0.2, 0.25) is 0 Å². The molecule has 2 aromatic carbocycles. The fraction of sp³-hybridized carbons (Fsp3) is 0.250. The zero-order chi connectivity index (χ0) is 13.1. The molecular formula is C16H16OS2. The van der Waals surface area contributed by atoms with E-state index in [-0.39, 0.29) is 6.61 Å². The van der Waals surface area contributed by atoms with Gasteiger partial charge < -0.3 is 5.11 Å². The third kappa shape index (κ3) is 2.83. The molecule has 1 aliphatic heterocycles. The lowest BCUT2D eigenvalue weighted by molar-refractivity contribution is 0.301. The zero-order valence-electron chi connectivity index (χ0n) is 10.5. The van der Waals surface area contributed by atoms with Crippen LogP contribution in [-0.2, 0) is 0 Å². The fourth-order valence-electron chi connectivity index (χ4n) is 2.29. The molecule has 3 heteroatoms. The molecule has 0 aliphatic carbocycles. The van der Waals surface area contributed by atoms with Crippen molar-refractivity contribution in [3.8, 4) is 11.1 Å². The Balaban J connectivity index is 1.95. The number of rotatable bonds is 3. The SMILES string of the molecule is OCC1CSC(c2ccccc2-c2ccccc2)S1. The van der Waals surface area contributed by atoms with Crippen LogP contribution in [0.15, 0.2) is 54.6 Å². The monoisotopic (exact) mass is 288 g/mol. The van der Waals surface area contributed by atoms with Gasteiger partial charge in [0, 0.05) is 11.0 Å². The molecule has 1 aliphatic rings. The van der Waals surface area contributed by atoms with Gasteiger partial charge >= 0.3 is 0 Å². The van der Waals surface area contributed by atoms with E-state index in [4.69, 9.17) is 0 Å². The Morgan fingerprint density at radius 2 is 1.74 bits per heavy atom. The summed E-state index contributed by atoms with van der Waals surface area (Å²) in [5.74, 6) is 1.04. The number of thioether (sulfide) groups is 2. The lowest BCUT2D eigenvalue weighted by Crippen LogP contribution is -2.05. The highest BCUT2D eigenvalue weighted by atomic mass is 32.2. The van der Waals surface area contributed by atoms with E-state index < -0.39 is 0 Å². The molecule has 1 saturated heterocycles. The molecule has 98 valence electrons. The average molecular weight is 288 g/mol. The Morgan fingerprint density at radius 3 is 2.47 bits per heavy atom. The Bertz CT molecular complexity index is 541. The number of hydrogen-bond donors (Lipinski definition) is 1. The Kier molecular flexibility index (Phi) is 4.16. The number of hydrogen-bond acceptors (Lipinski definition) is 3. The van der Waals surface area contributed by atoms with Gasteiger partial charge in [0.2, 0.25) is 0 Å². The quantitative estimate of drug-likeness (QED) is 0.914. The summed E-state index contributed by atoms with van der Waals surface area (Å²) in [6.45, 7) is 0.279. The van der Waals surface area contributed by atoms with Crippen LogP contribution in [0.3, 0.4) is 0 Å². The van der Waals surface area contributed by atoms with Crippen LogP contribution in [0.25, 0.3) is 11.1 Å². The maximum atomic E-state index is 9.28. The third-order valence-corrected chi connectivity index (χ3v) is 6.56. The topological polar surface area (TPSA) is 20.2 Å². The van der Waals surface area contributed by atoms with Crippen LogP contribution >= 0.6 is 23.5 Å². The van der Waals surface area contributed by atoms with Gasteiger partial charge in [-0.15, -0.1) is 23.5 Å².